The maximum absolute atomic E-state index is 13.1. The lowest BCUT2D eigenvalue weighted by molar-refractivity contribution is -0.137. The van der Waals surface area contributed by atoms with Gasteiger partial charge in [0.1, 0.15) is 15.6 Å². The molecule has 1 fully saturated rings. The molecule has 5 nitrogen and oxygen atoms in total. The summed E-state index contributed by atoms with van der Waals surface area (Å²) < 4.78 is 43.6. The number of aryl methyl sites for hydroxylation is 1. The summed E-state index contributed by atoms with van der Waals surface area (Å²) in [6, 6.07) is 11.8. The van der Waals surface area contributed by atoms with Crippen LogP contribution in [0.25, 0.3) is 10.6 Å². The van der Waals surface area contributed by atoms with E-state index in [0.29, 0.717) is 58.4 Å². The van der Waals surface area contributed by atoms with Crippen molar-refractivity contribution < 1.29 is 27.5 Å². The quantitative estimate of drug-likeness (QED) is 0.421. The standard InChI is InChI=1S/C25H23F3N2O3S/c1-15-22(34-23(29-15)18-3-7-19(8-4-18)25(26,27)28)24(32)30-13-11-17(12-14-30)21(31)16-5-9-20(33-2)10-6-16/h3-10,17H,11-14H2,1-2H3. The molecule has 1 aromatic heterocycles. The molecular weight excluding hydrogens is 465 g/mol. The fraction of sp³-hybridized carbons (Fsp3) is 0.320. The highest BCUT2D eigenvalue weighted by molar-refractivity contribution is 7.17. The number of Topliss-reactive ketones (excluding diaryl/α,β-unsaturated/α-hetero) is 1. The monoisotopic (exact) mass is 488 g/mol. The Morgan fingerprint density at radius 1 is 1.03 bits per heavy atom. The molecule has 3 aromatic rings. The summed E-state index contributed by atoms with van der Waals surface area (Å²) >= 11 is 1.17. The van der Waals surface area contributed by atoms with E-state index < -0.39 is 11.7 Å². The Morgan fingerprint density at radius 3 is 2.21 bits per heavy atom. The number of methoxy groups -OCH3 is 1. The number of alkyl halides is 3. The van der Waals surface area contributed by atoms with Crippen LogP contribution in [0.15, 0.2) is 48.5 Å². The summed E-state index contributed by atoms with van der Waals surface area (Å²) in [6.07, 6.45) is -3.26. The zero-order valence-electron chi connectivity index (χ0n) is 18.7. The molecule has 0 N–H and O–H groups in total. The average molecular weight is 489 g/mol. The van der Waals surface area contributed by atoms with E-state index in [2.05, 4.69) is 4.98 Å². The van der Waals surface area contributed by atoms with Gasteiger partial charge in [0.2, 0.25) is 0 Å². The normalized spacial score (nSPS) is 14.8. The van der Waals surface area contributed by atoms with E-state index in [1.54, 1.807) is 43.2 Å². The predicted molar refractivity (Wildman–Crippen MR) is 123 cm³/mol. The van der Waals surface area contributed by atoms with E-state index >= 15 is 0 Å². The number of thiazole rings is 1. The Hall–Kier alpha value is -3.20. The fourth-order valence-electron chi connectivity index (χ4n) is 4.00. The molecule has 178 valence electrons. The van der Waals surface area contributed by atoms with Gasteiger partial charge in [-0.2, -0.15) is 13.2 Å². The van der Waals surface area contributed by atoms with Crippen molar-refractivity contribution >= 4 is 23.0 Å². The van der Waals surface area contributed by atoms with Crippen molar-refractivity contribution in [2.45, 2.75) is 25.9 Å². The van der Waals surface area contributed by atoms with Crippen molar-refractivity contribution in [1.29, 1.82) is 0 Å². The predicted octanol–water partition coefficient (Wildman–Crippen LogP) is 5.88. The zero-order chi connectivity index (χ0) is 24.5. The molecule has 0 aliphatic carbocycles. The van der Waals surface area contributed by atoms with Gasteiger partial charge in [-0.25, -0.2) is 4.98 Å². The molecule has 9 heteroatoms. The van der Waals surface area contributed by atoms with Gasteiger partial charge < -0.3 is 9.64 Å². The Morgan fingerprint density at radius 2 is 1.65 bits per heavy atom. The van der Waals surface area contributed by atoms with Crippen LogP contribution in [0.4, 0.5) is 13.2 Å². The summed E-state index contributed by atoms with van der Waals surface area (Å²) in [6.45, 7) is 2.63. The maximum Gasteiger partial charge on any atom is 0.416 e. The van der Waals surface area contributed by atoms with Crippen molar-refractivity contribution in [3.05, 3.63) is 70.2 Å². The molecule has 1 saturated heterocycles. The highest BCUT2D eigenvalue weighted by atomic mass is 32.1. The third-order valence-electron chi connectivity index (χ3n) is 5.98. The van der Waals surface area contributed by atoms with Crippen molar-refractivity contribution in [3.63, 3.8) is 0 Å². The molecule has 1 aliphatic rings. The van der Waals surface area contributed by atoms with Crippen LogP contribution in [0.2, 0.25) is 0 Å². The first-order valence-corrected chi connectivity index (χ1v) is 11.6. The molecule has 34 heavy (non-hydrogen) atoms. The van der Waals surface area contributed by atoms with Gasteiger partial charge in [-0.3, -0.25) is 9.59 Å². The number of hydrogen-bond donors (Lipinski definition) is 0. The van der Waals surface area contributed by atoms with E-state index in [1.807, 2.05) is 0 Å². The third-order valence-corrected chi connectivity index (χ3v) is 7.17. The first-order chi connectivity index (χ1) is 16.2. The van der Waals surface area contributed by atoms with Crippen molar-refractivity contribution in [2.75, 3.05) is 20.2 Å². The number of aromatic nitrogens is 1. The molecule has 0 saturated carbocycles. The number of carbonyl (C=O) groups excluding carboxylic acids is 2. The summed E-state index contributed by atoms with van der Waals surface area (Å²) in [5.41, 5.74) is 0.975. The lowest BCUT2D eigenvalue weighted by atomic mass is 9.89. The van der Waals surface area contributed by atoms with Crippen LogP contribution in [0.5, 0.6) is 5.75 Å². The van der Waals surface area contributed by atoms with Crippen molar-refractivity contribution in [3.8, 4) is 16.3 Å². The van der Waals surface area contributed by atoms with Crippen LogP contribution in [0, 0.1) is 12.8 Å². The highest BCUT2D eigenvalue weighted by Crippen LogP contribution is 2.34. The third kappa shape index (κ3) is 4.99. The molecule has 2 heterocycles. The summed E-state index contributed by atoms with van der Waals surface area (Å²) in [7, 11) is 1.57. The Kier molecular flexibility index (Phi) is 6.74. The van der Waals surface area contributed by atoms with Crippen LogP contribution in [-0.2, 0) is 6.18 Å². The Balaban J connectivity index is 1.41. The minimum atomic E-state index is -4.40. The minimum absolute atomic E-state index is 0.0633. The van der Waals surface area contributed by atoms with E-state index in [4.69, 9.17) is 4.74 Å². The van der Waals surface area contributed by atoms with Gasteiger partial charge in [-0.15, -0.1) is 11.3 Å². The smallest absolute Gasteiger partial charge is 0.416 e. The first kappa shape index (κ1) is 23.9. The first-order valence-electron chi connectivity index (χ1n) is 10.8. The van der Waals surface area contributed by atoms with Gasteiger partial charge in [-0.1, -0.05) is 12.1 Å². The van der Waals surface area contributed by atoms with Crippen molar-refractivity contribution in [1.82, 2.24) is 9.88 Å². The van der Waals surface area contributed by atoms with Gasteiger partial charge in [0.05, 0.1) is 18.4 Å². The highest BCUT2D eigenvalue weighted by Gasteiger charge is 2.31. The number of ketones is 1. The number of ether oxygens (including phenoxy) is 1. The molecule has 1 aliphatic heterocycles. The van der Waals surface area contributed by atoms with Crippen LogP contribution >= 0.6 is 11.3 Å². The summed E-state index contributed by atoms with van der Waals surface area (Å²) in [5.74, 6) is 0.437. The number of carbonyl (C=O) groups is 2. The van der Waals surface area contributed by atoms with Crippen LogP contribution in [0.1, 0.15) is 44.1 Å². The van der Waals surface area contributed by atoms with Crippen LogP contribution in [-0.4, -0.2) is 41.8 Å². The molecular formula is C25H23F3N2O3S. The Bertz CT molecular complexity index is 1180. The molecule has 0 unspecified atom stereocenters. The number of likely N-dealkylation sites (tertiary alicyclic amines) is 1. The largest absolute Gasteiger partial charge is 0.497 e. The summed E-state index contributed by atoms with van der Waals surface area (Å²) in [4.78, 5) is 32.5. The summed E-state index contributed by atoms with van der Waals surface area (Å²) in [5, 5.41) is 0.499. The SMILES string of the molecule is COc1ccc(C(=O)C2CCN(C(=O)c3sc(-c4ccc(C(F)(F)F)cc4)nc3C)CC2)cc1. The average Bonchev–Trinajstić information content (AvgIpc) is 3.24. The molecule has 0 atom stereocenters. The lowest BCUT2D eigenvalue weighted by Crippen LogP contribution is -2.40. The van der Waals surface area contributed by atoms with Gasteiger partial charge in [0.25, 0.3) is 5.91 Å². The number of benzene rings is 2. The van der Waals surface area contributed by atoms with Gasteiger partial charge in [0, 0.05) is 30.1 Å². The van der Waals surface area contributed by atoms with E-state index in [0.717, 1.165) is 12.1 Å². The molecule has 4 rings (SSSR count). The zero-order valence-corrected chi connectivity index (χ0v) is 19.5. The second kappa shape index (κ2) is 9.58. The number of amides is 1. The molecule has 0 radical (unpaired) electrons. The number of halogens is 3. The Labute approximate surface area is 199 Å². The van der Waals surface area contributed by atoms with Crippen LogP contribution in [0.3, 0.4) is 0 Å². The second-order valence-corrected chi connectivity index (χ2v) is 9.17. The topological polar surface area (TPSA) is 59.5 Å². The van der Waals surface area contributed by atoms with Crippen molar-refractivity contribution in [2.24, 2.45) is 5.92 Å². The van der Waals surface area contributed by atoms with E-state index in [9.17, 15) is 22.8 Å². The van der Waals surface area contributed by atoms with Gasteiger partial charge >= 0.3 is 6.18 Å². The lowest BCUT2D eigenvalue weighted by Gasteiger charge is -2.31. The number of piperidine rings is 1. The molecule has 0 bridgehead atoms. The fourth-order valence-corrected chi connectivity index (χ4v) is 5.04. The van der Waals surface area contributed by atoms with Gasteiger partial charge in [0.15, 0.2) is 5.78 Å². The number of nitrogens with zero attached hydrogens (tertiary/aromatic N) is 2. The minimum Gasteiger partial charge on any atom is -0.497 e. The van der Waals surface area contributed by atoms with E-state index in [1.165, 1.54) is 23.5 Å². The van der Waals surface area contributed by atoms with Gasteiger partial charge in [-0.05, 0) is 56.2 Å². The maximum atomic E-state index is 13.1. The second-order valence-electron chi connectivity index (χ2n) is 8.17. The molecule has 2 aromatic carbocycles. The number of hydrogen-bond acceptors (Lipinski definition) is 5. The van der Waals surface area contributed by atoms with Crippen LogP contribution < -0.4 is 4.74 Å². The van der Waals surface area contributed by atoms with E-state index in [-0.39, 0.29) is 17.6 Å². The number of rotatable bonds is 5. The molecule has 1 amide bonds. The molecule has 0 spiro atoms.